The lowest BCUT2D eigenvalue weighted by Crippen LogP contribution is -2.33. The van der Waals surface area contributed by atoms with Crippen LogP contribution in [0.4, 0.5) is 10.1 Å². The van der Waals surface area contributed by atoms with Crippen LogP contribution in [0.25, 0.3) is 0 Å². The molecule has 3 aromatic rings. The van der Waals surface area contributed by atoms with Crippen LogP contribution in [0.1, 0.15) is 30.1 Å². The lowest BCUT2D eigenvalue weighted by Gasteiger charge is -2.25. The molecular formula is C29H29FN4O4. The van der Waals surface area contributed by atoms with Gasteiger partial charge in [-0.05, 0) is 68.3 Å². The summed E-state index contributed by atoms with van der Waals surface area (Å²) >= 11 is 0. The van der Waals surface area contributed by atoms with E-state index in [0.717, 1.165) is 44.7 Å². The smallest absolute Gasteiger partial charge is 0.254 e. The maximum atomic E-state index is 13.4. The Balaban J connectivity index is 1.27. The van der Waals surface area contributed by atoms with Crippen molar-refractivity contribution < 1.29 is 23.5 Å². The maximum absolute atomic E-state index is 13.4. The molecule has 0 radical (unpaired) electrons. The number of allylic oxidation sites excluding steroid dienone is 1. The summed E-state index contributed by atoms with van der Waals surface area (Å²) in [5.41, 5.74) is 6.68. The minimum Gasteiger partial charge on any atom is -0.457 e. The largest absolute Gasteiger partial charge is 0.457 e. The minimum atomic E-state index is -0.640. The number of rotatable bonds is 7. The van der Waals surface area contributed by atoms with Crippen LogP contribution in [-0.4, -0.2) is 47.9 Å². The fraction of sp³-hybridized carbons (Fsp3) is 0.276. The van der Waals surface area contributed by atoms with Crippen molar-refractivity contribution in [1.82, 2.24) is 9.88 Å². The summed E-state index contributed by atoms with van der Waals surface area (Å²) in [4.78, 5) is 33.1. The third-order valence-electron chi connectivity index (χ3n) is 7.03. The highest BCUT2D eigenvalue weighted by Gasteiger charge is 2.44. The quantitative estimate of drug-likeness (QED) is 0.448. The first-order chi connectivity index (χ1) is 18.3. The molecule has 2 fully saturated rings. The molecule has 8 nitrogen and oxygen atoms in total. The second-order valence-electron chi connectivity index (χ2n) is 9.72. The molecule has 2 aliphatic rings. The first-order valence-electron chi connectivity index (χ1n) is 12.5. The normalized spacial score (nSPS) is 18.9. The molecule has 0 saturated carbocycles. The Kier molecular flexibility index (Phi) is 7.00. The monoisotopic (exact) mass is 516 g/mol. The predicted octanol–water partition coefficient (Wildman–Crippen LogP) is 4.91. The summed E-state index contributed by atoms with van der Waals surface area (Å²) in [6, 6.07) is 14.3. The summed E-state index contributed by atoms with van der Waals surface area (Å²) in [5.74, 6) is 0.459. The van der Waals surface area contributed by atoms with Crippen molar-refractivity contribution in [2.45, 2.75) is 19.8 Å². The summed E-state index contributed by atoms with van der Waals surface area (Å²) in [6.07, 6.45) is 6.96. The van der Waals surface area contributed by atoms with Gasteiger partial charge < -0.3 is 25.0 Å². The third kappa shape index (κ3) is 5.46. The third-order valence-corrected chi connectivity index (χ3v) is 7.03. The first-order valence-corrected chi connectivity index (χ1v) is 12.5. The van der Waals surface area contributed by atoms with Gasteiger partial charge in [0, 0.05) is 37.7 Å². The number of benzene rings is 2. The summed E-state index contributed by atoms with van der Waals surface area (Å²) in [7, 11) is 0. The molecule has 2 amide bonds. The van der Waals surface area contributed by atoms with Crippen LogP contribution in [0.15, 0.2) is 72.9 Å². The molecule has 2 N–H and O–H groups in total. The number of likely N-dealkylation sites (tertiary alicyclic amines) is 1. The molecule has 1 spiro atoms. The van der Waals surface area contributed by atoms with Gasteiger partial charge in [0.15, 0.2) is 0 Å². The number of carbonyl (C=O) groups is 2. The van der Waals surface area contributed by atoms with Crippen molar-refractivity contribution in [3.8, 4) is 23.1 Å². The number of hydrogen-bond acceptors (Lipinski definition) is 6. The number of carbonyl (C=O) groups excluding carboxylic acids is 2. The fourth-order valence-electron chi connectivity index (χ4n) is 5.09. The Morgan fingerprint density at radius 1 is 1.00 bits per heavy atom. The van der Waals surface area contributed by atoms with E-state index < -0.39 is 5.91 Å². The Morgan fingerprint density at radius 2 is 1.74 bits per heavy atom. The molecule has 196 valence electrons. The molecule has 38 heavy (non-hydrogen) atoms. The molecule has 2 aliphatic heterocycles. The van der Waals surface area contributed by atoms with Crippen molar-refractivity contribution in [2.75, 3.05) is 31.1 Å². The molecule has 9 heteroatoms. The number of hydrogen-bond donors (Lipinski definition) is 1. The van der Waals surface area contributed by atoms with E-state index in [2.05, 4.69) is 9.88 Å². The van der Waals surface area contributed by atoms with Crippen molar-refractivity contribution in [2.24, 2.45) is 11.1 Å². The first kappa shape index (κ1) is 25.3. The van der Waals surface area contributed by atoms with Crippen LogP contribution in [0, 0.1) is 11.2 Å². The van der Waals surface area contributed by atoms with Gasteiger partial charge in [-0.15, -0.1) is 0 Å². The zero-order valence-electron chi connectivity index (χ0n) is 21.1. The number of amides is 2. The van der Waals surface area contributed by atoms with Gasteiger partial charge in [0.05, 0.1) is 11.9 Å². The van der Waals surface area contributed by atoms with Gasteiger partial charge in [-0.3, -0.25) is 9.59 Å². The van der Waals surface area contributed by atoms with Crippen LogP contribution in [-0.2, 0) is 4.79 Å². The predicted molar refractivity (Wildman–Crippen MR) is 141 cm³/mol. The van der Waals surface area contributed by atoms with Gasteiger partial charge in [-0.25, -0.2) is 9.37 Å². The number of ether oxygens (including phenoxy) is 2. The van der Waals surface area contributed by atoms with Gasteiger partial charge in [0.25, 0.3) is 5.91 Å². The number of nitrogens with two attached hydrogens (primary N) is 1. The van der Waals surface area contributed by atoms with Crippen LogP contribution in [0.3, 0.4) is 0 Å². The molecule has 1 unspecified atom stereocenters. The van der Waals surface area contributed by atoms with Crippen LogP contribution in [0.2, 0.25) is 0 Å². The lowest BCUT2D eigenvalue weighted by atomic mass is 9.86. The van der Waals surface area contributed by atoms with Crippen molar-refractivity contribution in [3.63, 3.8) is 0 Å². The van der Waals surface area contributed by atoms with E-state index in [1.807, 2.05) is 11.8 Å². The Bertz CT molecular complexity index is 1380. The van der Waals surface area contributed by atoms with Gasteiger partial charge in [0.1, 0.15) is 28.6 Å². The van der Waals surface area contributed by atoms with Crippen molar-refractivity contribution in [1.29, 1.82) is 0 Å². The SMILES string of the molecule is CC=CC(=O)N1CCC2(CCN(c3cnc(Oc4ccc(Oc5cccc(F)c5)cc4)c(C(N)=O)c3)C2)C1. The van der Waals surface area contributed by atoms with Gasteiger partial charge >= 0.3 is 0 Å². The second-order valence-corrected chi connectivity index (χ2v) is 9.72. The zero-order chi connectivity index (χ0) is 26.7. The second kappa shape index (κ2) is 10.5. The lowest BCUT2D eigenvalue weighted by molar-refractivity contribution is -0.125. The van der Waals surface area contributed by atoms with Gasteiger partial charge in [-0.1, -0.05) is 12.1 Å². The number of anilines is 1. The Morgan fingerprint density at radius 3 is 2.45 bits per heavy atom. The number of nitrogens with zero attached hydrogens (tertiary/aromatic N) is 3. The Labute approximate surface area is 220 Å². The van der Waals surface area contributed by atoms with E-state index in [9.17, 15) is 14.0 Å². The molecule has 2 aromatic carbocycles. The molecule has 3 heterocycles. The highest BCUT2D eigenvalue weighted by atomic mass is 19.1. The van der Waals surface area contributed by atoms with E-state index in [-0.39, 0.29) is 28.6 Å². The van der Waals surface area contributed by atoms with Gasteiger partial charge in [0.2, 0.25) is 11.8 Å². The molecule has 0 bridgehead atoms. The molecule has 5 rings (SSSR count). The van der Waals surface area contributed by atoms with E-state index in [1.165, 1.54) is 12.1 Å². The molecule has 1 atom stereocenters. The average Bonchev–Trinajstić information content (AvgIpc) is 3.52. The number of pyridine rings is 1. The average molecular weight is 517 g/mol. The molecular weight excluding hydrogens is 487 g/mol. The summed E-state index contributed by atoms with van der Waals surface area (Å²) in [6.45, 7) is 4.90. The molecule has 2 saturated heterocycles. The molecule has 1 aromatic heterocycles. The highest BCUT2D eigenvalue weighted by molar-refractivity contribution is 5.96. The van der Waals surface area contributed by atoms with Crippen molar-refractivity contribution >= 4 is 17.5 Å². The number of aromatic nitrogens is 1. The topological polar surface area (TPSA) is 98.0 Å². The minimum absolute atomic E-state index is 0.0363. The van der Waals surface area contributed by atoms with E-state index >= 15 is 0 Å². The zero-order valence-corrected chi connectivity index (χ0v) is 21.1. The maximum Gasteiger partial charge on any atom is 0.254 e. The number of primary amides is 1. The van der Waals surface area contributed by atoms with Crippen molar-refractivity contribution in [3.05, 3.63) is 84.3 Å². The summed E-state index contributed by atoms with van der Waals surface area (Å²) in [5, 5.41) is 0. The standard InChI is InChI=1S/C29H29FN4O4/c1-2-4-26(35)34-14-12-29(19-34)11-13-33(18-29)21-16-25(27(31)36)28(32-17-21)38-23-9-7-22(8-10-23)37-24-6-3-5-20(30)15-24/h2-10,15-17H,11-14,18-19H2,1H3,(H2,31,36). The van der Waals surface area contributed by atoms with Crippen LogP contribution in [0.5, 0.6) is 23.1 Å². The fourth-order valence-corrected chi connectivity index (χ4v) is 5.09. The van der Waals surface area contributed by atoms with E-state index in [4.69, 9.17) is 15.2 Å². The van der Waals surface area contributed by atoms with Crippen LogP contribution < -0.4 is 20.1 Å². The van der Waals surface area contributed by atoms with E-state index in [1.54, 1.807) is 60.8 Å². The Hall–Kier alpha value is -4.40. The molecule has 0 aliphatic carbocycles. The van der Waals surface area contributed by atoms with Crippen LogP contribution >= 0.6 is 0 Å². The summed E-state index contributed by atoms with van der Waals surface area (Å²) < 4.78 is 24.9. The van der Waals surface area contributed by atoms with Gasteiger partial charge in [-0.2, -0.15) is 0 Å². The van der Waals surface area contributed by atoms with E-state index in [0.29, 0.717) is 17.2 Å². The highest BCUT2D eigenvalue weighted by Crippen LogP contribution is 2.41. The number of halogens is 1.